The summed E-state index contributed by atoms with van der Waals surface area (Å²) < 4.78 is 7.42. The maximum atomic E-state index is 9.98. The van der Waals surface area contributed by atoms with E-state index in [1.165, 1.54) is 0 Å². The topological polar surface area (TPSA) is 113 Å². The van der Waals surface area contributed by atoms with Gasteiger partial charge in [-0.2, -0.15) is 10.4 Å². The lowest BCUT2D eigenvalue weighted by Gasteiger charge is -2.20. The first-order valence-corrected chi connectivity index (χ1v) is 10.1. The highest BCUT2D eigenvalue weighted by molar-refractivity contribution is 5.85. The maximum absolute atomic E-state index is 9.98. The van der Waals surface area contributed by atoms with E-state index in [9.17, 15) is 10.4 Å². The van der Waals surface area contributed by atoms with Crippen molar-refractivity contribution in [1.82, 2.24) is 14.6 Å². The fourth-order valence-electron chi connectivity index (χ4n) is 4.23. The number of nitriles is 1. The largest absolute Gasteiger partial charge is 0.489 e. The third-order valence-electron chi connectivity index (χ3n) is 5.94. The average Bonchev–Trinajstić information content (AvgIpc) is 3.10. The smallest absolute Gasteiger partial charge is 0.138 e. The lowest BCUT2D eigenvalue weighted by atomic mass is 10.1. The van der Waals surface area contributed by atoms with E-state index in [2.05, 4.69) is 21.1 Å². The van der Waals surface area contributed by atoms with Crippen molar-refractivity contribution in [3.05, 3.63) is 42.4 Å². The molecule has 4 heterocycles. The molecule has 0 radical (unpaired) electrons. The summed E-state index contributed by atoms with van der Waals surface area (Å²) in [6.45, 7) is 5.44. The first-order valence-electron chi connectivity index (χ1n) is 10.1. The second kappa shape index (κ2) is 6.69. The van der Waals surface area contributed by atoms with Crippen LogP contribution in [0.1, 0.15) is 19.4 Å². The van der Waals surface area contributed by atoms with E-state index in [1.807, 2.05) is 24.4 Å². The van der Waals surface area contributed by atoms with E-state index in [0.717, 1.165) is 30.0 Å². The second-order valence-electron chi connectivity index (χ2n) is 8.87. The summed E-state index contributed by atoms with van der Waals surface area (Å²) in [5, 5.41) is 23.8. The van der Waals surface area contributed by atoms with E-state index in [1.54, 1.807) is 30.8 Å². The number of aromatic nitrogens is 3. The van der Waals surface area contributed by atoms with Gasteiger partial charge in [0.25, 0.3) is 0 Å². The van der Waals surface area contributed by atoms with Crippen LogP contribution in [-0.2, 0) is 0 Å². The van der Waals surface area contributed by atoms with Gasteiger partial charge >= 0.3 is 0 Å². The summed E-state index contributed by atoms with van der Waals surface area (Å²) in [6.07, 6.45) is 5.08. The number of rotatable bonds is 5. The fraction of sp³-hybridized carbons (Fsp3) is 0.409. The quantitative estimate of drug-likeness (QED) is 0.667. The second-order valence-corrected chi connectivity index (χ2v) is 8.87. The molecule has 0 spiro atoms. The SMILES string of the molecule is CC(C)(O)COc1cc(-c2ccc(N3C[C@@H]4[C@H](N)[C@@H]4C3)nc2)c2c(C#N)cnn2c1. The van der Waals surface area contributed by atoms with Gasteiger partial charge in [-0.1, -0.05) is 0 Å². The molecule has 0 unspecified atom stereocenters. The lowest BCUT2D eigenvalue weighted by Crippen LogP contribution is -2.28. The van der Waals surface area contributed by atoms with Crippen LogP contribution in [-0.4, -0.2) is 51.0 Å². The van der Waals surface area contributed by atoms with Crippen LogP contribution >= 0.6 is 0 Å². The highest BCUT2D eigenvalue weighted by atomic mass is 16.5. The van der Waals surface area contributed by atoms with Crippen LogP contribution in [0.2, 0.25) is 0 Å². The Balaban J connectivity index is 1.49. The predicted octanol–water partition coefficient (Wildman–Crippen LogP) is 1.81. The third kappa shape index (κ3) is 3.26. The Hall–Kier alpha value is -3.15. The summed E-state index contributed by atoms with van der Waals surface area (Å²) in [5.41, 5.74) is 7.95. The van der Waals surface area contributed by atoms with Crippen molar-refractivity contribution in [3.8, 4) is 22.9 Å². The maximum Gasteiger partial charge on any atom is 0.138 e. The first-order chi connectivity index (χ1) is 14.3. The van der Waals surface area contributed by atoms with Crippen molar-refractivity contribution in [2.75, 3.05) is 24.6 Å². The standard InChI is InChI=1S/C22H24N6O2/c1-22(2,29)12-30-15-5-16(21-14(6-23)8-26-28(21)9-15)13-3-4-19(25-7-13)27-10-17-18(11-27)20(17)24/h3-5,7-9,17-18,20,29H,10-12,24H2,1-2H3/t17-,18+,20-. The Labute approximate surface area is 174 Å². The van der Waals surface area contributed by atoms with Crippen LogP contribution in [0.5, 0.6) is 5.75 Å². The van der Waals surface area contributed by atoms with Gasteiger partial charge < -0.3 is 20.5 Å². The Morgan fingerprint density at radius 3 is 2.70 bits per heavy atom. The molecule has 3 aromatic heterocycles. The summed E-state index contributed by atoms with van der Waals surface area (Å²) in [5.74, 6) is 2.70. The van der Waals surface area contributed by atoms with Crippen LogP contribution in [0.15, 0.2) is 36.8 Å². The molecule has 1 saturated heterocycles. The zero-order chi connectivity index (χ0) is 21.0. The van der Waals surface area contributed by atoms with Crippen LogP contribution in [0, 0.1) is 23.2 Å². The number of anilines is 1. The highest BCUT2D eigenvalue weighted by Gasteiger charge is 2.53. The Morgan fingerprint density at radius 2 is 2.07 bits per heavy atom. The van der Waals surface area contributed by atoms with Crippen LogP contribution in [0.25, 0.3) is 16.6 Å². The summed E-state index contributed by atoms with van der Waals surface area (Å²) in [4.78, 5) is 6.95. The molecule has 154 valence electrons. The molecule has 3 aromatic rings. The number of pyridine rings is 2. The van der Waals surface area contributed by atoms with Crippen LogP contribution in [0.4, 0.5) is 5.82 Å². The van der Waals surface area contributed by atoms with E-state index in [4.69, 9.17) is 10.5 Å². The van der Waals surface area contributed by atoms with E-state index >= 15 is 0 Å². The Bertz CT molecular complexity index is 1130. The number of nitrogens with zero attached hydrogens (tertiary/aromatic N) is 5. The van der Waals surface area contributed by atoms with Crippen LogP contribution in [0.3, 0.4) is 0 Å². The molecule has 0 bridgehead atoms. The van der Waals surface area contributed by atoms with Gasteiger partial charge in [0.2, 0.25) is 0 Å². The monoisotopic (exact) mass is 404 g/mol. The minimum atomic E-state index is -0.959. The number of aliphatic hydroxyl groups is 1. The highest BCUT2D eigenvalue weighted by Crippen LogP contribution is 2.45. The molecule has 30 heavy (non-hydrogen) atoms. The van der Waals surface area contributed by atoms with Crippen molar-refractivity contribution in [2.24, 2.45) is 17.6 Å². The molecule has 2 fully saturated rings. The molecule has 0 aromatic carbocycles. The molecule has 2 aliphatic rings. The molecule has 8 heteroatoms. The van der Waals surface area contributed by atoms with E-state index < -0.39 is 5.60 Å². The average molecular weight is 404 g/mol. The number of fused-ring (bicyclic) bond motifs is 2. The molecule has 8 nitrogen and oxygen atoms in total. The summed E-state index contributed by atoms with van der Waals surface area (Å²) in [6, 6.07) is 8.44. The number of hydrogen-bond acceptors (Lipinski definition) is 7. The molecule has 1 saturated carbocycles. The van der Waals surface area contributed by atoms with Gasteiger partial charge in [-0.15, -0.1) is 0 Å². The Kier molecular flexibility index (Phi) is 4.20. The lowest BCUT2D eigenvalue weighted by molar-refractivity contribution is 0.0283. The Morgan fingerprint density at radius 1 is 1.30 bits per heavy atom. The number of nitrogens with two attached hydrogens (primary N) is 1. The van der Waals surface area contributed by atoms with Gasteiger partial charge in [-0.05, 0) is 43.9 Å². The third-order valence-corrected chi connectivity index (χ3v) is 5.94. The zero-order valence-electron chi connectivity index (χ0n) is 17.0. The molecule has 0 amide bonds. The number of ether oxygens (including phenoxy) is 1. The molecule has 1 aliphatic heterocycles. The first kappa shape index (κ1) is 18.9. The normalized spacial score (nSPS) is 22.8. The minimum absolute atomic E-state index is 0.140. The van der Waals surface area contributed by atoms with Crippen LogP contribution < -0.4 is 15.4 Å². The fourth-order valence-corrected chi connectivity index (χ4v) is 4.23. The van der Waals surface area contributed by atoms with Crippen molar-refractivity contribution >= 4 is 11.3 Å². The van der Waals surface area contributed by atoms with Crippen molar-refractivity contribution < 1.29 is 9.84 Å². The van der Waals surface area contributed by atoms with Gasteiger partial charge in [-0.25, -0.2) is 9.50 Å². The zero-order valence-corrected chi connectivity index (χ0v) is 17.0. The molecule has 5 rings (SSSR count). The van der Waals surface area contributed by atoms with Gasteiger partial charge in [0.1, 0.15) is 24.2 Å². The van der Waals surface area contributed by atoms with Gasteiger partial charge in [0.05, 0.1) is 29.1 Å². The summed E-state index contributed by atoms with van der Waals surface area (Å²) >= 11 is 0. The summed E-state index contributed by atoms with van der Waals surface area (Å²) in [7, 11) is 0. The van der Waals surface area contributed by atoms with E-state index in [-0.39, 0.29) is 6.61 Å². The van der Waals surface area contributed by atoms with Gasteiger partial charge in [0, 0.05) is 36.5 Å². The minimum Gasteiger partial charge on any atom is -0.489 e. The number of hydrogen-bond donors (Lipinski definition) is 2. The molecular weight excluding hydrogens is 380 g/mol. The molecule has 1 aliphatic carbocycles. The van der Waals surface area contributed by atoms with Gasteiger partial charge in [0.15, 0.2) is 0 Å². The van der Waals surface area contributed by atoms with Gasteiger partial charge in [-0.3, -0.25) is 0 Å². The van der Waals surface area contributed by atoms with Crippen molar-refractivity contribution in [3.63, 3.8) is 0 Å². The van der Waals surface area contributed by atoms with Crippen molar-refractivity contribution in [1.29, 1.82) is 5.26 Å². The van der Waals surface area contributed by atoms with E-state index in [0.29, 0.717) is 34.7 Å². The molecule has 3 N–H and O–H groups in total. The molecular formula is C22H24N6O2. The van der Waals surface area contributed by atoms with Crippen molar-refractivity contribution in [2.45, 2.75) is 25.5 Å². The predicted molar refractivity (Wildman–Crippen MR) is 112 cm³/mol. The molecule has 3 atom stereocenters. The number of piperidine rings is 1.